The summed E-state index contributed by atoms with van der Waals surface area (Å²) in [6.07, 6.45) is 1.85. The average Bonchev–Trinajstić information content (AvgIpc) is 2.78. The molecule has 0 aromatic heterocycles. The van der Waals surface area contributed by atoms with Crippen molar-refractivity contribution in [2.75, 3.05) is 4.90 Å². The number of nitrogens with zero attached hydrogens (tertiary/aromatic N) is 1. The molecule has 0 N–H and O–H groups in total. The molecule has 0 saturated carbocycles. The van der Waals surface area contributed by atoms with E-state index >= 15 is 0 Å². The Morgan fingerprint density at radius 2 is 1.91 bits per heavy atom. The fraction of sp³-hybridized carbons (Fsp3) is 0. The number of halogens is 2. The van der Waals surface area contributed by atoms with Gasteiger partial charge in [-0.1, -0.05) is 65.9 Å². The highest BCUT2D eigenvalue weighted by molar-refractivity contribution is 9.10. The molecule has 2 aromatic carbocycles. The first-order valence-electron chi connectivity index (χ1n) is 6.34. The molecular formula is C16H9BrClNOS2. The van der Waals surface area contributed by atoms with E-state index in [0.29, 0.717) is 19.9 Å². The second-order valence-corrected chi connectivity index (χ2v) is 7.46. The number of carbonyl (C=O) groups excluding carboxylic acids is 1. The normalized spacial score (nSPS) is 16.6. The van der Waals surface area contributed by atoms with Gasteiger partial charge in [0, 0.05) is 4.47 Å². The van der Waals surface area contributed by atoms with Crippen LogP contribution in [-0.4, -0.2) is 10.2 Å². The second kappa shape index (κ2) is 6.54. The van der Waals surface area contributed by atoms with E-state index in [4.69, 9.17) is 23.8 Å². The van der Waals surface area contributed by atoms with E-state index in [2.05, 4.69) is 15.9 Å². The molecule has 0 radical (unpaired) electrons. The Morgan fingerprint density at radius 3 is 2.59 bits per heavy atom. The maximum absolute atomic E-state index is 12.6. The maximum atomic E-state index is 12.6. The molecule has 0 unspecified atom stereocenters. The number of hydrogen-bond acceptors (Lipinski definition) is 3. The maximum Gasteiger partial charge on any atom is 0.270 e. The molecule has 2 aromatic rings. The predicted molar refractivity (Wildman–Crippen MR) is 101 cm³/mol. The fourth-order valence-electron chi connectivity index (χ4n) is 2.02. The molecule has 6 heteroatoms. The van der Waals surface area contributed by atoms with Crippen molar-refractivity contribution >= 4 is 73.5 Å². The van der Waals surface area contributed by atoms with Gasteiger partial charge in [-0.2, -0.15) is 0 Å². The predicted octanol–water partition coefficient (Wildman–Crippen LogP) is 5.51. The molecule has 1 heterocycles. The summed E-state index contributed by atoms with van der Waals surface area (Å²) in [5.41, 5.74) is 1.64. The highest BCUT2D eigenvalue weighted by atomic mass is 79.9. The van der Waals surface area contributed by atoms with Crippen LogP contribution in [0.4, 0.5) is 5.69 Å². The fourth-order valence-corrected chi connectivity index (χ4v) is 3.74. The standard InChI is InChI=1S/C16H9BrClNOS2/c17-12-7-6-11(9-13(12)18)19-15(20)14(22-16(19)21)8-10-4-2-1-3-5-10/h1-9H/b14-8+. The molecule has 0 aliphatic carbocycles. The van der Waals surface area contributed by atoms with Crippen molar-refractivity contribution in [3.63, 3.8) is 0 Å². The lowest BCUT2D eigenvalue weighted by molar-refractivity contribution is -0.113. The third kappa shape index (κ3) is 3.13. The van der Waals surface area contributed by atoms with Gasteiger partial charge in [0.2, 0.25) is 0 Å². The van der Waals surface area contributed by atoms with E-state index in [1.54, 1.807) is 12.1 Å². The van der Waals surface area contributed by atoms with Crippen LogP contribution in [0.3, 0.4) is 0 Å². The van der Waals surface area contributed by atoms with E-state index < -0.39 is 0 Å². The molecule has 110 valence electrons. The van der Waals surface area contributed by atoms with Crippen molar-refractivity contribution < 1.29 is 4.79 Å². The lowest BCUT2D eigenvalue weighted by atomic mass is 10.2. The molecule has 1 aliphatic rings. The highest BCUT2D eigenvalue weighted by Crippen LogP contribution is 2.37. The lowest BCUT2D eigenvalue weighted by Gasteiger charge is -2.15. The molecule has 2 nitrogen and oxygen atoms in total. The second-order valence-electron chi connectivity index (χ2n) is 4.53. The third-order valence-corrected chi connectivity index (χ3v) is 5.59. The van der Waals surface area contributed by atoms with E-state index in [1.807, 2.05) is 42.5 Å². The Balaban J connectivity index is 1.95. The number of thiocarbonyl (C=S) groups is 1. The zero-order chi connectivity index (χ0) is 15.7. The van der Waals surface area contributed by atoms with Gasteiger partial charge in [-0.25, -0.2) is 0 Å². The van der Waals surface area contributed by atoms with Gasteiger partial charge in [-0.15, -0.1) is 0 Å². The number of hydrogen-bond donors (Lipinski definition) is 0. The minimum atomic E-state index is -0.128. The molecule has 0 bridgehead atoms. The van der Waals surface area contributed by atoms with Crippen molar-refractivity contribution in [3.8, 4) is 0 Å². The molecule has 3 rings (SSSR count). The number of anilines is 1. The zero-order valence-corrected chi connectivity index (χ0v) is 15.1. The van der Waals surface area contributed by atoms with Crippen LogP contribution in [0.5, 0.6) is 0 Å². The van der Waals surface area contributed by atoms with Crippen molar-refractivity contribution in [3.05, 3.63) is 68.5 Å². The van der Waals surface area contributed by atoms with Gasteiger partial charge in [0.05, 0.1) is 15.6 Å². The summed E-state index contributed by atoms with van der Waals surface area (Å²) in [5.74, 6) is -0.128. The lowest BCUT2D eigenvalue weighted by Crippen LogP contribution is -2.27. The Morgan fingerprint density at radius 1 is 1.18 bits per heavy atom. The van der Waals surface area contributed by atoms with Gasteiger partial charge < -0.3 is 0 Å². The Bertz CT molecular complexity index is 792. The smallest absolute Gasteiger partial charge is 0.268 e. The first kappa shape index (κ1) is 15.7. The molecule has 22 heavy (non-hydrogen) atoms. The number of amides is 1. The van der Waals surface area contributed by atoms with Gasteiger partial charge in [0.25, 0.3) is 5.91 Å². The van der Waals surface area contributed by atoms with E-state index in [1.165, 1.54) is 16.7 Å². The largest absolute Gasteiger partial charge is 0.270 e. The van der Waals surface area contributed by atoms with Crippen LogP contribution in [0.2, 0.25) is 5.02 Å². The van der Waals surface area contributed by atoms with E-state index in [0.717, 1.165) is 10.0 Å². The summed E-state index contributed by atoms with van der Waals surface area (Å²) in [4.78, 5) is 14.7. The van der Waals surface area contributed by atoms with Gasteiger partial charge in [0.15, 0.2) is 4.32 Å². The number of rotatable bonds is 2. The Kier molecular flexibility index (Phi) is 4.68. The summed E-state index contributed by atoms with van der Waals surface area (Å²) in [5, 5.41) is 0.540. The summed E-state index contributed by atoms with van der Waals surface area (Å²) in [7, 11) is 0. The van der Waals surface area contributed by atoms with Crippen LogP contribution >= 0.6 is 51.5 Å². The number of benzene rings is 2. The third-order valence-electron chi connectivity index (χ3n) is 3.05. The Labute approximate surface area is 151 Å². The van der Waals surface area contributed by atoms with Gasteiger partial charge >= 0.3 is 0 Å². The van der Waals surface area contributed by atoms with Crippen molar-refractivity contribution in [2.24, 2.45) is 0 Å². The summed E-state index contributed by atoms with van der Waals surface area (Å²) in [6, 6.07) is 15.0. The van der Waals surface area contributed by atoms with Crippen molar-refractivity contribution in [1.29, 1.82) is 0 Å². The van der Waals surface area contributed by atoms with Crippen LogP contribution in [0, 0.1) is 0 Å². The van der Waals surface area contributed by atoms with Gasteiger partial charge in [0.1, 0.15) is 0 Å². The molecule has 1 fully saturated rings. The number of carbonyl (C=O) groups is 1. The van der Waals surface area contributed by atoms with Crippen molar-refractivity contribution in [2.45, 2.75) is 0 Å². The zero-order valence-electron chi connectivity index (χ0n) is 11.1. The van der Waals surface area contributed by atoms with E-state index in [-0.39, 0.29) is 5.91 Å². The molecule has 0 spiro atoms. The Hall–Kier alpha value is -1.14. The molecule has 1 aliphatic heterocycles. The van der Waals surface area contributed by atoms with Crippen molar-refractivity contribution in [1.82, 2.24) is 0 Å². The summed E-state index contributed by atoms with van der Waals surface area (Å²) in [6.45, 7) is 0. The first-order chi connectivity index (χ1) is 10.6. The van der Waals surface area contributed by atoms with Gasteiger partial charge in [-0.05, 0) is 45.8 Å². The van der Waals surface area contributed by atoms with E-state index in [9.17, 15) is 4.79 Å². The minimum Gasteiger partial charge on any atom is -0.268 e. The average molecular weight is 411 g/mol. The molecule has 1 saturated heterocycles. The SMILES string of the molecule is O=C1/C(=C\c2ccccc2)SC(=S)N1c1ccc(Br)c(Cl)c1. The van der Waals surface area contributed by atoms with Crippen LogP contribution in [0.1, 0.15) is 5.56 Å². The van der Waals surface area contributed by atoms with Crippen LogP contribution in [-0.2, 0) is 4.79 Å². The summed E-state index contributed by atoms with van der Waals surface area (Å²) >= 11 is 16.1. The molecule has 1 amide bonds. The first-order valence-corrected chi connectivity index (χ1v) is 8.74. The van der Waals surface area contributed by atoms with Crippen LogP contribution < -0.4 is 4.90 Å². The topological polar surface area (TPSA) is 20.3 Å². The van der Waals surface area contributed by atoms with Gasteiger partial charge in [-0.3, -0.25) is 9.69 Å². The van der Waals surface area contributed by atoms with Crippen LogP contribution in [0.25, 0.3) is 6.08 Å². The highest BCUT2D eigenvalue weighted by Gasteiger charge is 2.33. The minimum absolute atomic E-state index is 0.128. The number of thioether (sulfide) groups is 1. The monoisotopic (exact) mass is 409 g/mol. The van der Waals surface area contributed by atoms with Crippen LogP contribution in [0.15, 0.2) is 57.9 Å². The quantitative estimate of drug-likeness (QED) is 0.481. The molecule has 0 atom stereocenters. The summed E-state index contributed by atoms with van der Waals surface area (Å²) < 4.78 is 1.29. The molecular weight excluding hydrogens is 402 g/mol.